The molecule has 0 amide bonds. The van der Waals surface area contributed by atoms with Crippen LogP contribution in [0.5, 0.6) is 0 Å². The van der Waals surface area contributed by atoms with E-state index in [1.807, 2.05) is 0 Å². The van der Waals surface area contributed by atoms with Crippen LogP contribution in [0.1, 0.15) is 12.6 Å². The van der Waals surface area contributed by atoms with Gasteiger partial charge in [0.25, 0.3) is 0 Å². The molecule has 6 nitrogen and oxygen atoms in total. The Morgan fingerprint density at radius 2 is 2.44 bits per heavy atom. The van der Waals surface area contributed by atoms with Gasteiger partial charge in [0.05, 0.1) is 12.7 Å². The highest BCUT2D eigenvalue weighted by atomic mass is 32.1. The van der Waals surface area contributed by atoms with Gasteiger partial charge in [0.1, 0.15) is 17.0 Å². The zero-order valence-electron chi connectivity index (χ0n) is 8.37. The molecule has 1 aliphatic rings. The Labute approximate surface area is 96.1 Å². The number of aliphatic hydroxyl groups is 2. The van der Waals surface area contributed by atoms with Gasteiger partial charge in [-0.1, -0.05) is 12.2 Å². The van der Waals surface area contributed by atoms with Crippen molar-refractivity contribution in [3.63, 3.8) is 0 Å². The number of rotatable bonds is 2. The van der Waals surface area contributed by atoms with Crippen LogP contribution in [0.2, 0.25) is 0 Å². The predicted octanol–water partition coefficient (Wildman–Crippen LogP) is -0.453. The lowest BCUT2D eigenvalue weighted by atomic mass is 10.2. The lowest BCUT2D eigenvalue weighted by molar-refractivity contribution is -0.0463. The Bertz CT molecular complexity index is 455. The van der Waals surface area contributed by atoms with Crippen molar-refractivity contribution in [1.82, 2.24) is 9.55 Å². The molecule has 1 saturated heterocycles. The quantitative estimate of drug-likeness (QED) is 0.613. The van der Waals surface area contributed by atoms with Gasteiger partial charge >= 0.3 is 5.69 Å². The fourth-order valence-corrected chi connectivity index (χ4v) is 2.01. The minimum absolute atomic E-state index is 0.243. The molecule has 2 rings (SSSR count). The molecule has 3 N–H and O–H groups in total. The molecule has 1 aromatic rings. The summed E-state index contributed by atoms with van der Waals surface area (Å²) in [6.45, 7) is -0.282. The number of aromatic nitrogens is 2. The van der Waals surface area contributed by atoms with Gasteiger partial charge in [0, 0.05) is 12.6 Å². The largest absolute Gasteiger partial charge is 0.394 e. The molecule has 1 unspecified atom stereocenters. The topological polar surface area (TPSA) is 87.5 Å². The summed E-state index contributed by atoms with van der Waals surface area (Å²) in [5.74, 6) is 0. The van der Waals surface area contributed by atoms with Crippen LogP contribution in [0.25, 0.3) is 0 Å². The van der Waals surface area contributed by atoms with Gasteiger partial charge in [0.2, 0.25) is 0 Å². The Morgan fingerprint density at radius 3 is 3.00 bits per heavy atom. The zero-order valence-corrected chi connectivity index (χ0v) is 9.18. The minimum atomic E-state index is -0.781. The number of aliphatic hydroxyl groups excluding tert-OH is 2. The highest BCUT2D eigenvalue weighted by Crippen LogP contribution is 2.27. The molecule has 0 saturated carbocycles. The third-order valence-corrected chi connectivity index (χ3v) is 2.89. The zero-order chi connectivity index (χ0) is 11.7. The Kier molecular flexibility index (Phi) is 3.20. The lowest BCUT2D eigenvalue weighted by Crippen LogP contribution is -2.28. The molecule has 0 bridgehead atoms. The van der Waals surface area contributed by atoms with E-state index < -0.39 is 18.4 Å². The van der Waals surface area contributed by atoms with Crippen molar-refractivity contribution in [3.8, 4) is 0 Å². The number of nitrogens with one attached hydrogen (secondary N) is 1. The number of H-pyrrole nitrogens is 1. The lowest BCUT2D eigenvalue weighted by Gasteiger charge is -2.14. The summed E-state index contributed by atoms with van der Waals surface area (Å²) < 4.78 is 6.94. The highest BCUT2D eigenvalue weighted by Gasteiger charge is 2.35. The van der Waals surface area contributed by atoms with Gasteiger partial charge in [-0.3, -0.25) is 4.57 Å². The number of hydrogen-bond acceptors (Lipinski definition) is 5. The Balaban J connectivity index is 2.34. The SMILES string of the molecule is O=c1[nH]ccc(=S)n1[C@H]1CC(O)[C@@H](CO)O1. The molecule has 0 aliphatic carbocycles. The van der Waals surface area contributed by atoms with Gasteiger partial charge < -0.3 is 19.9 Å². The van der Waals surface area contributed by atoms with Crippen LogP contribution < -0.4 is 5.69 Å². The summed E-state index contributed by atoms with van der Waals surface area (Å²) in [6.07, 6.45) is -0.365. The predicted molar refractivity (Wildman–Crippen MR) is 57.5 cm³/mol. The molecule has 88 valence electrons. The average molecular weight is 244 g/mol. The van der Waals surface area contributed by atoms with E-state index in [9.17, 15) is 9.90 Å². The van der Waals surface area contributed by atoms with E-state index in [4.69, 9.17) is 22.1 Å². The van der Waals surface area contributed by atoms with Crippen LogP contribution >= 0.6 is 12.2 Å². The molecule has 1 aliphatic heterocycles. The van der Waals surface area contributed by atoms with Crippen LogP contribution in [0.15, 0.2) is 17.1 Å². The molecule has 3 atom stereocenters. The summed E-state index contributed by atoms with van der Waals surface area (Å²) in [4.78, 5) is 14.0. The van der Waals surface area contributed by atoms with Crippen molar-refractivity contribution < 1.29 is 14.9 Å². The summed E-state index contributed by atoms with van der Waals surface area (Å²) in [5.41, 5.74) is -0.386. The van der Waals surface area contributed by atoms with E-state index in [2.05, 4.69) is 4.98 Å². The van der Waals surface area contributed by atoms with Crippen molar-refractivity contribution in [1.29, 1.82) is 0 Å². The number of nitrogens with zero attached hydrogens (tertiary/aromatic N) is 1. The van der Waals surface area contributed by atoms with E-state index in [1.54, 1.807) is 6.07 Å². The summed E-state index contributed by atoms with van der Waals surface area (Å²) in [6, 6.07) is 1.57. The molecule has 16 heavy (non-hydrogen) atoms. The van der Waals surface area contributed by atoms with Crippen molar-refractivity contribution in [3.05, 3.63) is 27.4 Å². The second kappa shape index (κ2) is 4.46. The van der Waals surface area contributed by atoms with E-state index in [-0.39, 0.29) is 18.7 Å². The fraction of sp³-hybridized carbons (Fsp3) is 0.556. The normalized spacial score (nSPS) is 29.5. The van der Waals surface area contributed by atoms with Gasteiger partial charge in [-0.2, -0.15) is 0 Å². The van der Waals surface area contributed by atoms with Crippen molar-refractivity contribution in [2.24, 2.45) is 0 Å². The maximum atomic E-state index is 11.5. The third-order valence-electron chi connectivity index (χ3n) is 2.56. The van der Waals surface area contributed by atoms with E-state index >= 15 is 0 Å². The van der Waals surface area contributed by atoms with E-state index in [1.165, 1.54) is 10.8 Å². The molecule has 2 heterocycles. The van der Waals surface area contributed by atoms with Crippen molar-refractivity contribution in [2.45, 2.75) is 24.9 Å². The first-order valence-electron chi connectivity index (χ1n) is 4.88. The number of hydrogen-bond donors (Lipinski definition) is 3. The standard InChI is InChI=1S/C9H12N2O4S/c12-4-6-5(13)3-7(15-6)11-8(16)1-2-10-9(11)14/h1-2,5-7,12-13H,3-4H2,(H,10,14)/t5?,6-,7-/m1/s1. The smallest absolute Gasteiger partial charge is 0.328 e. The molecule has 1 aromatic heterocycles. The number of ether oxygens (including phenoxy) is 1. The molecule has 0 spiro atoms. The minimum Gasteiger partial charge on any atom is -0.394 e. The molecule has 7 heteroatoms. The number of aromatic amines is 1. The monoisotopic (exact) mass is 244 g/mol. The second-order valence-electron chi connectivity index (χ2n) is 3.61. The molecular weight excluding hydrogens is 232 g/mol. The molecule has 0 aromatic carbocycles. The maximum Gasteiger partial charge on any atom is 0.328 e. The van der Waals surface area contributed by atoms with Crippen LogP contribution in [0.4, 0.5) is 0 Å². The second-order valence-corrected chi connectivity index (χ2v) is 4.02. The highest BCUT2D eigenvalue weighted by molar-refractivity contribution is 7.71. The van der Waals surface area contributed by atoms with Gasteiger partial charge in [0.15, 0.2) is 0 Å². The van der Waals surface area contributed by atoms with Gasteiger partial charge in [-0.25, -0.2) is 4.79 Å². The van der Waals surface area contributed by atoms with E-state index in [0.717, 1.165) is 0 Å². The molecule has 1 fully saturated rings. The van der Waals surface area contributed by atoms with Gasteiger partial charge in [-0.05, 0) is 6.07 Å². The first-order valence-corrected chi connectivity index (χ1v) is 5.29. The summed E-state index contributed by atoms with van der Waals surface area (Å²) >= 11 is 5.01. The van der Waals surface area contributed by atoms with Crippen molar-refractivity contribution >= 4 is 12.2 Å². The molecular formula is C9H12N2O4S. The summed E-state index contributed by atoms with van der Waals surface area (Å²) in [7, 11) is 0. The van der Waals surface area contributed by atoms with Gasteiger partial charge in [-0.15, -0.1) is 0 Å². The first kappa shape index (κ1) is 11.5. The van der Waals surface area contributed by atoms with Crippen LogP contribution in [0.3, 0.4) is 0 Å². The van der Waals surface area contributed by atoms with Crippen molar-refractivity contribution in [2.75, 3.05) is 6.61 Å². The maximum absolute atomic E-state index is 11.5. The third kappa shape index (κ3) is 1.94. The average Bonchev–Trinajstić information content (AvgIpc) is 2.59. The molecule has 0 radical (unpaired) electrons. The van der Waals surface area contributed by atoms with Crippen LogP contribution in [0, 0.1) is 4.64 Å². The van der Waals surface area contributed by atoms with Crippen LogP contribution in [-0.4, -0.2) is 38.6 Å². The van der Waals surface area contributed by atoms with Crippen LogP contribution in [-0.2, 0) is 4.74 Å². The van der Waals surface area contributed by atoms with E-state index in [0.29, 0.717) is 4.64 Å². The summed E-state index contributed by atoms with van der Waals surface area (Å²) in [5, 5.41) is 18.5. The fourth-order valence-electron chi connectivity index (χ4n) is 1.74. The first-order chi connectivity index (χ1) is 7.63. The Morgan fingerprint density at radius 1 is 1.69 bits per heavy atom. The Hall–Kier alpha value is -1.02.